The number of piperazine rings is 1. The molecule has 4 aliphatic rings. The van der Waals surface area contributed by atoms with E-state index in [1.165, 1.54) is 0 Å². The van der Waals surface area contributed by atoms with E-state index in [0.29, 0.717) is 58.8 Å². The van der Waals surface area contributed by atoms with E-state index >= 15 is 4.39 Å². The first-order valence-electron chi connectivity index (χ1n) is 22.5. The fourth-order valence-electron chi connectivity index (χ4n) is 11.0. The number of aromatic nitrogens is 3. The Bertz CT molecular complexity index is 2390. The molecule has 0 N–H and O–H groups in total. The van der Waals surface area contributed by atoms with Gasteiger partial charge in [0.05, 0.1) is 23.0 Å². The second-order valence-electron chi connectivity index (χ2n) is 19.6. The number of fused-ring (bicyclic) bond motifs is 5. The summed E-state index contributed by atoms with van der Waals surface area (Å²) in [6, 6.07) is 9.39. The van der Waals surface area contributed by atoms with Gasteiger partial charge in [-0.3, -0.25) is 14.8 Å². The molecular weight excluding hydrogens is 800 g/mol. The van der Waals surface area contributed by atoms with Crippen molar-refractivity contribution in [3.8, 4) is 34.5 Å². The number of carbonyl (C=O) groups excluding carboxylic acids is 1. The number of carbonyl (C=O) groups is 1. The predicted octanol–water partition coefficient (Wildman–Crippen LogP) is 9.91. The Morgan fingerprint density at radius 1 is 0.968 bits per heavy atom. The largest absolute Gasteiger partial charge is 0.468 e. The van der Waals surface area contributed by atoms with E-state index in [2.05, 4.69) is 62.8 Å². The highest BCUT2D eigenvalue weighted by atomic mass is 28.3. The third kappa shape index (κ3) is 8.03. The zero-order valence-electron chi connectivity index (χ0n) is 38.2. The van der Waals surface area contributed by atoms with Crippen molar-refractivity contribution in [2.45, 2.75) is 128 Å². The molecule has 2 bridgehead atoms. The Kier molecular flexibility index (Phi) is 12.1. The summed E-state index contributed by atoms with van der Waals surface area (Å²) in [5.41, 5.74) is 6.12. The van der Waals surface area contributed by atoms with Crippen LogP contribution in [0.5, 0.6) is 11.8 Å². The predicted molar refractivity (Wildman–Crippen MR) is 246 cm³/mol. The van der Waals surface area contributed by atoms with E-state index < -0.39 is 19.5 Å². The minimum absolute atomic E-state index is 0.0254. The van der Waals surface area contributed by atoms with Crippen LogP contribution in [0.25, 0.3) is 32.9 Å². The third-order valence-corrected chi connectivity index (χ3v) is 20.0. The molecule has 330 valence electrons. The molecule has 1 amide bonds. The van der Waals surface area contributed by atoms with Gasteiger partial charge in [-0.25, -0.2) is 9.18 Å². The molecule has 0 spiro atoms. The normalized spacial score (nSPS) is 19.8. The number of amides is 1. The Balaban J connectivity index is 1.27. The van der Waals surface area contributed by atoms with Crippen LogP contribution >= 0.6 is 0 Å². The van der Waals surface area contributed by atoms with Crippen LogP contribution < -0.4 is 14.4 Å². The lowest BCUT2D eigenvalue weighted by Crippen LogP contribution is -2.57. The summed E-state index contributed by atoms with van der Waals surface area (Å²) in [6.07, 6.45) is 9.74. The fourth-order valence-corrected chi connectivity index (χ4v) is 16.2. The summed E-state index contributed by atoms with van der Waals surface area (Å²) in [4.78, 5) is 34.6. The van der Waals surface area contributed by atoms with Gasteiger partial charge in [0.15, 0.2) is 12.6 Å². The molecule has 0 aliphatic carbocycles. The second-order valence-corrected chi connectivity index (χ2v) is 25.2. The van der Waals surface area contributed by atoms with Gasteiger partial charge in [-0.05, 0) is 99.8 Å². The van der Waals surface area contributed by atoms with E-state index in [0.717, 1.165) is 55.1 Å². The van der Waals surface area contributed by atoms with E-state index in [4.69, 9.17) is 33.9 Å². The van der Waals surface area contributed by atoms with Gasteiger partial charge in [0.1, 0.15) is 43.1 Å². The van der Waals surface area contributed by atoms with Crippen molar-refractivity contribution in [2.24, 2.45) is 0 Å². The molecule has 8 rings (SSSR count). The molecule has 0 radical (unpaired) electrons. The van der Waals surface area contributed by atoms with E-state index in [1.807, 2.05) is 63.3 Å². The minimum atomic E-state index is -2.12. The maximum atomic E-state index is 17.9. The van der Waals surface area contributed by atoms with Crippen LogP contribution in [-0.2, 0) is 9.47 Å². The molecular formula is C49H63FN6O5Si. The molecule has 3 saturated heterocycles. The first-order valence-corrected chi connectivity index (χ1v) is 24.7. The van der Waals surface area contributed by atoms with Crippen molar-refractivity contribution in [3.05, 3.63) is 60.1 Å². The van der Waals surface area contributed by atoms with Crippen molar-refractivity contribution < 1.29 is 28.1 Å². The molecule has 62 heavy (non-hydrogen) atoms. The molecule has 0 unspecified atom stereocenters. The second kappa shape index (κ2) is 17.1. The lowest BCUT2D eigenvalue weighted by molar-refractivity contribution is 0.0146. The number of rotatable bonds is 11. The highest BCUT2D eigenvalue weighted by molar-refractivity contribution is 6.90. The number of benzene rings is 2. The molecule has 11 nitrogen and oxygen atoms in total. The molecule has 3 fully saturated rings. The molecule has 0 saturated carbocycles. The monoisotopic (exact) mass is 862 g/mol. The molecule has 2 aromatic carbocycles. The van der Waals surface area contributed by atoms with Crippen LogP contribution in [0.3, 0.4) is 0 Å². The van der Waals surface area contributed by atoms with Crippen LogP contribution in [-0.4, -0.2) is 109 Å². The number of nitrogens with zero attached hydrogens (tertiary/aromatic N) is 6. The van der Waals surface area contributed by atoms with Crippen molar-refractivity contribution >= 4 is 41.7 Å². The van der Waals surface area contributed by atoms with Gasteiger partial charge in [-0.15, -0.1) is 5.54 Å². The van der Waals surface area contributed by atoms with Crippen molar-refractivity contribution in [1.29, 1.82) is 0 Å². The van der Waals surface area contributed by atoms with Crippen LogP contribution in [0.2, 0.25) is 16.6 Å². The molecule has 4 aliphatic heterocycles. The standard InChI is InChI=1S/C49H63FN6O5Si/c1-31(2)62(32(3)4,33(5)6)23-18-34-14-11-15-35-24-38(60-30-58-10)25-39(41(34)35)43-42(50)44-40(26-51-43)45(53-46(52-44)59-29-49-19-12-21-55(49)22-13-20-49)54-27-36-16-17-37(28-54)56(36)47(57)61-48(7,8)9/h11,14-17,24-26,31-33,36-37H,12-13,19-22,27-30H2,1-10H3/t36-,37+. The summed E-state index contributed by atoms with van der Waals surface area (Å²) >= 11 is 0. The Hall–Kier alpha value is -4.77. The molecule has 6 heterocycles. The van der Waals surface area contributed by atoms with Gasteiger partial charge in [0.2, 0.25) is 0 Å². The zero-order valence-corrected chi connectivity index (χ0v) is 39.2. The smallest absolute Gasteiger partial charge is 0.411 e. The Morgan fingerprint density at radius 2 is 1.65 bits per heavy atom. The first kappa shape index (κ1) is 43.9. The number of pyridine rings is 1. The van der Waals surface area contributed by atoms with Crippen LogP contribution in [0, 0.1) is 17.3 Å². The maximum absolute atomic E-state index is 17.9. The molecule has 2 aromatic heterocycles. The average Bonchev–Trinajstić information content (AvgIpc) is 3.88. The van der Waals surface area contributed by atoms with Crippen LogP contribution in [0.1, 0.15) is 93.6 Å². The van der Waals surface area contributed by atoms with Crippen molar-refractivity contribution in [3.63, 3.8) is 0 Å². The number of methoxy groups -OCH3 is 1. The summed E-state index contributed by atoms with van der Waals surface area (Å²) in [5, 5.41) is 2.11. The van der Waals surface area contributed by atoms with Gasteiger partial charge in [-0.1, -0.05) is 71.7 Å². The van der Waals surface area contributed by atoms with E-state index in [1.54, 1.807) is 18.2 Å². The third-order valence-electron chi connectivity index (χ3n) is 13.7. The zero-order chi connectivity index (χ0) is 44.1. The molecule has 13 heteroatoms. The Labute approximate surface area is 367 Å². The highest BCUT2D eigenvalue weighted by Crippen LogP contribution is 2.43. The summed E-state index contributed by atoms with van der Waals surface area (Å²) in [7, 11) is -0.546. The van der Waals surface area contributed by atoms with Crippen molar-refractivity contribution in [1.82, 2.24) is 24.8 Å². The number of halogens is 1. The maximum Gasteiger partial charge on any atom is 0.411 e. The van der Waals surface area contributed by atoms with E-state index in [9.17, 15) is 4.79 Å². The van der Waals surface area contributed by atoms with Gasteiger partial charge < -0.3 is 23.8 Å². The average molecular weight is 863 g/mol. The highest BCUT2D eigenvalue weighted by Gasteiger charge is 2.46. The lowest BCUT2D eigenvalue weighted by Gasteiger charge is -2.42. The minimum Gasteiger partial charge on any atom is -0.468 e. The number of hydrogen-bond acceptors (Lipinski definition) is 10. The SMILES string of the molecule is COCOc1cc(-c2ncc3c(N4C[C@H]5C=C[C@@H](C4)N5C(=O)OC(C)(C)C)nc(OCC45CCCN4CCC5)nc3c2F)c2c(C#C[Si](C(C)C)(C(C)C)C(C)C)cccc2c1. The molecule has 4 aromatic rings. The van der Waals surface area contributed by atoms with E-state index in [-0.39, 0.29) is 47.7 Å². The first-order chi connectivity index (χ1) is 29.5. The number of hydrogen-bond donors (Lipinski definition) is 0. The van der Waals surface area contributed by atoms with Gasteiger partial charge in [-0.2, -0.15) is 9.97 Å². The lowest BCUT2D eigenvalue weighted by atomic mass is 9.95. The van der Waals surface area contributed by atoms with Gasteiger partial charge >= 0.3 is 12.1 Å². The topological polar surface area (TPSA) is 102 Å². The number of anilines is 1. The summed E-state index contributed by atoms with van der Waals surface area (Å²) < 4.78 is 41.5. The van der Waals surface area contributed by atoms with Crippen LogP contribution in [0.4, 0.5) is 15.0 Å². The fraction of sp³-hybridized carbons (Fsp3) is 0.551. The van der Waals surface area contributed by atoms with Gasteiger partial charge in [0, 0.05) is 42.9 Å². The summed E-state index contributed by atoms with van der Waals surface area (Å²) in [6.45, 7) is 22.8. The molecule has 2 atom stereocenters. The number of ether oxygens (including phenoxy) is 4. The van der Waals surface area contributed by atoms with Gasteiger partial charge in [0.25, 0.3) is 0 Å². The van der Waals surface area contributed by atoms with Crippen LogP contribution in [0.15, 0.2) is 48.7 Å². The van der Waals surface area contributed by atoms with Crippen molar-refractivity contribution in [2.75, 3.05) is 51.6 Å². The quantitative estimate of drug-likeness (QED) is 0.0627. The summed E-state index contributed by atoms with van der Waals surface area (Å²) in [5.74, 6) is 4.11. The Morgan fingerprint density at radius 3 is 2.27 bits per heavy atom.